The predicted molar refractivity (Wildman–Crippen MR) is 75.9 cm³/mol. The van der Waals surface area contributed by atoms with E-state index < -0.39 is 0 Å². The van der Waals surface area contributed by atoms with Gasteiger partial charge in [0.15, 0.2) is 0 Å². The van der Waals surface area contributed by atoms with Gasteiger partial charge in [-0.25, -0.2) is 0 Å². The summed E-state index contributed by atoms with van der Waals surface area (Å²) in [5.41, 5.74) is 2.01. The van der Waals surface area contributed by atoms with Crippen molar-refractivity contribution < 1.29 is 4.79 Å². The van der Waals surface area contributed by atoms with Crippen LogP contribution in [0.1, 0.15) is 24.1 Å². The van der Waals surface area contributed by atoms with Gasteiger partial charge in [0.1, 0.15) is 0 Å². The van der Waals surface area contributed by atoms with Gasteiger partial charge in [-0.15, -0.1) is 0 Å². The lowest BCUT2D eigenvalue weighted by molar-refractivity contribution is -0.131. The summed E-state index contributed by atoms with van der Waals surface area (Å²) >= 11 is 0. The summed E-state index contributed by atoms with van der Waals surface area (Å²) in [5.74, 6) is 0.926. The van der Waals surface area contributed by atoms with Crippen molar-refractivity contribution in [2.45, 2.75) is 26.2 Å². The smallest absolute Gasteiger partial charge is 0.228 e. The number of amides is 1. The number of likely N-dealkylation sites (tertiary alicyclic amines) is 1. The molecule has 2 rings (SSSR count). The molecule has 0 aromatic carbocycles. The molecule has 1 saturated heterocycles. The van der Waals surface area contributed by atoms with Crippen LogP contribution in [0, 0.1) is 12.8 Å². The molecule has 0 atom stereocenters. The van der Waals surface area contributed by atoms with Gasteiger partial charge >= 0.3 is 0 Å². The van der Waals surface area contributed by atoms with Crippen LogP contribution in [0.25, 0.3) is 0 Å². The van der Waals surface area contributed by atoms with Crippen molar-refractivity contribution in [3.63, 3.8) is 0 Å². The second-order valence-corrected chi connectivity index (χ2v) is 5.33. The molecule has 0 spiro atoms. The molecule has 1 aliphatic rings. The van der Waals surface area contributed by atoms with Gasteiger partial charge in [-0.05, 0) is 50.9 Å². The summed E-state index contributed by atoms with van der Waals surface area (Å²) in [6, 6.07) is 3.92. The maximum absolute atomic E-state index is 12.3. The minimum absolute atomic E-state index is 0.213. The van der Waals surface area contributed by atoms with Crippen LogP contribution in [0.5, 0.6) is 0 Å². The molecule has 19 heavy (non-hydrogen) atoms. The third kappa shape index (κ3) is 3.77. The first-order chi connectivity index (χ1) is 9.20. The largest absolute Gasteiger partial charge is 0.342 e. The minimum Gasteiger partial charge on any atom is -0.342 e. The van der Waals surface area contributed by atoms with E-state index in [1.165, 1.54) is 0 Å². The fourth-order valence-electron chi connectivity index (χ4n) is 2.63. The van der Waals surface area contributed by atoms with Crippen LogP contribution in [0.4, 0.5) is 0 Å². The van der Waals surface area contributed by atoms with Crippen LogP contribution < -0.4 is 5.32 Å². The maximum atomic E-state index is 12.3. The highest BCUT2D eigenvalue weighted by atomic mass is 16.2. The minimum atomic E-state index is 0.213. The lowest BCUT2D eigenvalue weighted by atomic mass is 9.96. The number of nitrogens with zero attached hydrogens (tertiary/aromatic N) is 2. The third-order valence-corrected chi connectivity index (χ3v) is 3.90. The predicted octanol–water partition coefficient (Wildman–Crippen LogP) is 1.39. The van der Waals surface area contributed by atoms with Gasteiger partial charge in [-0.2, -0.15) is 0 Å². The van der Waals surface area contributed by atoms with Crippen molar-refractivity contribution in [2.24, 2.45) is 5.92 Å². The fraction of sp³-hybridized carbons (Fsp3) is 0.600. The molecule has 104 valence electrons. The Morgan fingerprint density at radius 1 is 1.47 bits per heavy atom. The van der Waals surface area contributed by atoms with Crippen LogP contribution in [0.2, 0.25) is 0 Å². The van der Waals surface area contributed by atoms with E-state index in [0.29, 0.717) is 12.3 Å². The number of carbonyl (C=O) groups is 1. The highest BCUT2D eigenvalue weighted by molar-refractivity contribution is 5.78. The molecule has 0 aliphatic carbocycles. The van der Waals surface area contributed by atoms with Crippen molar-refractivity contribution in [3.8, 4) is 0 Å². The molecule has 0 saturated carbocycles. The lowest BCUT2D eigenvalue weighted by Gasteiger charge is -2.32. The van der Waals surface area contributed by atoms with Crippen molar-refractivity contribution in [3.05, 3.63) is 29.6 Å². The molecule has 4 heteroatoms. The van der Waals surface area contributed by atoms with Crippen LogP contribution in [-0.2, 0) is 11.2 Å². The third-order valence-electron chi connectivity index (χ3n) is 3.90. The lowest BCUT2D eigenvalue weighted by Crippen LogP contribution is -2.41. The monoisotopic (exact) mass is 261 g/mol. The number of rotatable bonds is 4. The molecular weight excluding hydrogens is 238 g/mol. The molecule has 0 radical (unpaired) electrons. The molecule has 4 nitrogen and oxygen atoms in total. The van der Waals surface area contributed by atoms with E-state index in [-0.39, 0.29) is 5.91 Å². The average Bonchev–Trinajstić information content (AvgIpc) is 2.42. The number of hydrogen-bond acceptors (Lipinski definition) is 3. The standard InChI is InChI=1S/C15H23N3O/c1-12-4-3-7-17-14(12)10-15(19)18-8-5-13(6-9-18)11-16-2/h3-4,7,13,16H,5-6,8-11H2,1-2H3. The van der Waals surface area contributed by atoms with Crippen molar-refractivity contribution in [1.29, 1.82) is 0 Å². The molecule has 1 fully saturated rings. The second kappa shape index (κ2) is 6.66. The first-order valence-corrected chi connectivity index (χ1v) is 7.03. The highest BCUT2D eigenvalue weighted by Crippen LogP contribution is 2.17. The maximum Gasteiger partial charge on any atom is 0.228 e. The summed E-state index contributed by atoms with van der Waals surface area (Å²) in [4.78, 5) is 18.5. The summed E-state index contributed by atoms with van der Waals surface area (Å²) in [5, 5.41) is 3.22. The Labute approximate surface area is 115 Å². The molecule has 0 unspecified atom stereocenters. The number of piperidine rings is 1. The van der Waals surface area contributed by atoms with Crippen LogP contribution in [-0.4, -0.2) is 42.5 Å². The zero-order valence-corrected chi connectivity index (χ0v) is 11.9. The Balaban J connectivity index is 1.87. The number of pyridine rings is 1. The molecule has 1 aromatic rings. The van der Waals surface area contributed by atoms with Gasteiger partial charge in [-0.3, -0.25) is 9.78 Å². The summed E-state index contributed by atoms with van der Waals surface area (Å²) in [6.07, 6.45) is 4.40. The molecule has 2 heterocycles. The van der Waals surface area contributed by atoms with E-state index in [0.717, 1.165) is 43.7 Å². The van der Waals surface area contributed by atoms with Gasteiger partial charge in [0, 0.05) is 19.3 Å². The second-order valence-electron chi connectivity index (χ2n) is 5.33. The Kier molecular flexibility index (Phi) is 4.91. The van der Waals surface area contributed by atoms with E-state index in [2.05, 4.69) is 10.3 Å². The first kappa shape index (κ1) is 14.0. The molecule has 1 amide bonds. The van der Waals surface area contributed by atoms with E-state index in [1.54, 1.807) is 6.20 Å². The number of hydrogen-bond donors (Lipinski definition) is 1. The van der Waals surface area contributed by atoms with Crippen LogP contribution in [0.3, 0.4) is 0 Å². The molecule has 1 aliphatic heterocycles. The quantitative estimate of drug-likeness (QED) is 0.891. The van der Waals surface area contributed by atoms with E-state index >= 15 is 0 Å². The molecule has 1 N–H and O–H groups in total. The van der Waals surface area contributed by atoms with Gasteiger partial charge in [0.05, 0.1) is 12.1 Å². The van der Waals surface area contributed by atoms with E-state index in [4.69, 9.17) is 0 Å². The molecular formula is C15H23N3O. The topological polar surface area (TPSA) is 45.2 Å². The molecule has 0 bridgehead atoms. The number of nitrogens with one attached hydrogen (secondary N) is 1. The van der Waals surface area contributed by atoms with Gasteiger partial charge in [0.2, 0.25) is 5.91 Å². The van der Waals surface area contributed by atoms with Crippen LogP contribution >= 0.6 is 0 Å². The van der Waals surface area contributed by atoms with Crippen LogP contribution in [0.15, 0.2) is 18.3 Å². The Morgan fingerprint density at radius 2 is 2.21 bits per heavy atom. The zero-order valence-electron chi connectivity index (χ0n) is 11.9. The number of aryl methyl sites for hydroxylation is 1. The van der Waals surface area contributed by atoms with Crippen molar-refractivity contribution in [1.82, 2.24) is 15.2 Å². The highest BCUT2D eigenvalue weighted by Gasteiger charge is 2.22. The summed E-state index contributed by atoms with van der Waals surface area (Å²) in [6.45, 7) is 4.84. The van der Waals surface area contributed by atoms with Crippen molar-refractivity contribution in [2.75, 3.05) is 26.7 Å². The van der Waals surface area contributed by atoms with E-state index in [9.17, 15) is 4.79 Å². The van der Waals surface area contributed by atoms with Gasteiger partial charge in [0.25, 0.3) is 0 Å². The van der Waals surface area contributed by atoms with Crippen molar-refractivity contribution >= 4 is 5.91 Å². The number of aromatic nitrogens is 1. The Bertz CT molecular complexity index is 425. The SMILES string of the molecule is CNCC1CCN(C(=O)Cc2ncccc2C)CC1. The van der Waals surface area contributed by atoms with E-state index in [1.807, 2.05) is 31.0 Å². The van der Waals surface area contributed by atoms with Gasteiger partial charge in [-0.1, -0.05) is 6.07 Å². The normalized spacial score (nSPS) is 16.6. The average molecular weight is 261 g/mol. The van der Waals surface area contributed by atoms with Gasteiger partial charge < -0.3 is 10.2 Å². The number of carbonyl (C=O) groups excluding carboxylic acids is 1. The zero-order chi connectivity index (χ0) is 13.7. The Hall–Kier alpha value is -1.42. The first-order valence-electron chi connectivity index (χ1n) is 7.03. The summed E-state index contributed by atoms with van der Waals surface area (Å²) in [7, 11) is 1.99. The summed E-state index contributed by atoms with van der Waals surface area (Å²) < 4.78 is 0. The Morgan fingerprint density at radius 3 is 2.84 bits per heavy atom. The molecule has 1 aromatic heterocycles. The fourth-order valence-corrected chi connectivity index (χ4v) is 2.63.